The van der Waals surface area contributed by atoms with Crippen molar-refractivity contribution >= 4 is 46.2 Å². The van der Waals surface area contributed by atoms with Crippen LogP contribution >= 0.6 is 34.5 Å². The van der Waals surface area contributed by atoms with E-state index < -0.39 is 5.97 Å². The van der Waals surface area contributed by atoms with Crippen molar-refractivity contribution in [1.82, 2.24) is 0 Å². The van der Waals surface area contributed by atoms with Crippen LogP contribution in [0.3, 0.4) is 0 Å². The van der Waals surface area contributed by atoms with Gasteiger partial charge in [-0.05, 0) is 34.5 Å². The maximum absolute atomic E-state index is 11.9. The van der Waals surface area contributed by atoms with Gasteiger partial charge in [-0.1, -0.05) is 23.2 Å². The van der Waals surface area contributed by atoms with E-state index in [4.69, 9.17) is 33.7 Å². The van der Waals surface area contributed by atoms with Crippen LogP contribution in [0.4, 0.5) is 5.69 Å². The summed E-state index contributed by atoms with van der Waals surface area (Å²) < 4.78 is 5.16. The fourth-order valence-corrected chi connectivity index (χ4v) is 2.65. The fourth-order valence-electron chi connectivity index (χ4n) is 1.53. The minimum Gasteiger partial charge on any atom is -0.462 e. The number of carbonyl (C=O) groups excluding carboxylic acids is 1. The Hall–Kier alpha value is -1.23. The highest BCUT2D eigenvalue weighted by Crippen LogP contribution is 2.29. The van der Waals surface area contributed by atoms with Crippen LogP contribution in [-0.2, 0) is 11.2 Å². The summed E-state index contributed by atoms with van der Waals surface area (Å²) in [6, 6.07) is 4.94. The van der Waals surface area contributed by atoms with E-state index in [2.05, 4.69) is 0 Å². The molecule has 1 heterocycles. The number of hydrogen-bond acceptors (Lipinski definition) is 4. The number of nitrogen functional groups attached to an aromatic ring is 1. The largest absolute Gasteiger partial charge is 0.462 e. The molecular formula is C13H11Cl2NO2S. The summed E-state index contributed by atoms with van der Waals surface area (Å²) >= 11 is 13.4. The van der Waals surface area contributed by atoms with E-state index in [-0.39, 0.29) is 22.2 Å². The van der Waals surface area contributed by atoms with Gasteiger partial charge in [-0.2, -0.15) is 11.3 Å². The molecule has 0 fully saturated rings. The predicted molar refractivity (Wildman–Crippen MR) is 79.2 cm³/mol. The number of thiophene rings is 1. The summed E-state index contributed by atoms with van der Waals surface area (Å²) in [5, 5.41) is 4.40. The second-order valence-corrected chi connectivity index (χ2v) is 5.45. The molecule has 0 bridgehead atoms. The second-order valence-electron chi connectivity index (χ2n) is 3.88. The van der Waals surface area contributed by atoms with Gasteiger partial charge < -0.3 is 10.5 Å². The minimum atomic E-state index is -0.519. The standard InChI is InChI=1S/C13H11Cl2NO2S/c14-11-6-9(16)5-10(12(11)15)13(17)18-3-1-8-2-4-19-7-8/h2,4-7H,1,3,16H2. The van der Waals surface area contributed by atoms with E-state index in [0.717, 1.165) is 5.56 Å². The van der Waals surface area contributed by atoms with Gasteiger partial charge in [0.05, 0.1) is 22.2 Å². The van der Waals surface area contributed by atoms with Crippen LogP contribution < -0.4 is 5.73 Å². The topological polar surface area (TPSA) is 52.3 Å². The third-order valence-electron chi connectivity index (χ3n) is 2.47. The number of carbonyl (C=O) groups is 1. The van der Waals surface area contributed by atoms with Gasteiger partial charge >= 0.3 is 5.97 Å². The van der Waals surface area contributed by atoms with Crippen molar-refractivity contribution in [2.75, 3.05) is 12.3 Å². The van der Waals surface area contributed by atoms with Crippen LogP contribution in [0.1, 0.15) is 15.9 Å². The lowest BCUT2D eigenvalue weighted by atomic mass is 10.2. The third-order valence-corrected chi connectivity index (χ3v) is 4.01. The summed E-state index contributed by atoms with van der Waals surface area (Å²) in [5.74, 6) is -0.519. The molecule has 0 aliphatic rings. The monoisotopic (exact) mass is 315 g/mol. The van der Waals surface area contributed by atoms with Crippen molar-refractivity contribution in [2.24, 2.45) is 0 Å². The van der Waals surface area contributed by atoms with E-state index in [1.54, 1.807) is 11.3 Å². The molecule has 0 atom stereocenters. The van der Waals surface area contributed by atoms with E-state index in [9.17, 15) is 4.79 Å². The first kappa shape index (κ1) is 14.2. The van der Waals surface area contributed by atoms with Gasteiger partial charge in [0.25, 0.3) is 0 Å². The molecule has 3 nitrogen and oxygen atoms in total. The zero-order valence-corrected chi connectivity index (χ0v) is 12.2. The molecule has 2 aromatic rings. The number of anilines is 1. The number of rotatable bonds is 4. The van der Waals surface area contributed by atoms with Crippen LogP contribution in [-0.4, -0.2) is 12.6 Å². The molecule has 2 rings (SSSR count). The first-order chi connectivity index (χ1) is 9.08. The van der Waals surface area contributed by atoms with E-state index in [1.807, 2.05) is 16.8 Å². The smallest absolute Gasteiger partial charge is 0.339 e. The van der Waals surface area contributed by atoms with Crippen molar-refractivity contribution in [1.29, 1.82) is 0 Å². The fraction of sp³-hybridized carbons (Fsp3) is 0.154. The molecular weight excluding hydrogens is 305 g/mol. The number of ether oxygens (including phenoxy) is 1. The lowest BCUT2D eigenvalue weighted by molar-refractivity contribution is 0.0509. The zero-order valence-electron chi connectivity index (χ0n) is 9.86. The van der Waals surface area contributed by atoms with Gasteiger partial charge in [0.15, 0.2) is 0 Å². The average Bonchev–Trinajstić information content (AvgIpc) is 2.86. The molecule has 0 saturated heterocycles. The SMILES string of the molecule is Nc1cc(Cl)c(Cl)c(C(=O)OCCc2ccsc2)c1. The molecule has 0 unspecified atom stereocenters. The van der Waals surface area contributed by atoms with Gasteiger partial charge in [-0.15, -0.1) is 0 Å². The van der Waals surface area contributed by atoms with Crippen molar-refractivity contribution in [3.05, 3.63) is 50.1 Å². The first-order valence-electron chi connectivity index (χ1n) is 5.50. The van der Waals surface area contributed by atoms with Crippen LogP contribution in [0.2, 0.25) is 10.0 Å². The van der Waals surface area contributed by atoms with Crippen LogP contribution in [0.15, 0.2) is 29.0 Å². The van der Waals surface area contributed by atoms with Gasteiger partial charge in [0, 0.05) is 12.1 Å². The Bertz CT molecular complexity index is 585. The van der Waals surface area contributed by atoms with E-state index >= 15 is 0 Å². The summed E-state index contributed by atoms with van der Waals surface area (Å²) in [6.45, 7) is 0.290. The predicted octanol–water partition coefficient (Wildman–Crippen LogP) is 4.04. The van der Waals surface area contributed by atoms with Crippen molar-refractivity contribution in [3.63, 3.8) is 0 Å². The Kier molecular flexibility index (Phi) is 4.69. The molecule has 19 heavy (non-hydrogen) atoms. The Balaban J connectivity index is 2.00. The van der Waals surface area contributed by atoms with Gasteiger partial charge in [-0.3, -0.25) is 0 Å². The molecule has 2 N–H and O–H groups in total. The number of benzene rings is 1. The Morgan fingerprint density at radius 1 is 1.37 bits per heavy atom. The third kappa shape index (κ3) is 3.62. The molecule has 0 radical (unpaired) electrons. The number of esters is 1. The number of hydrogen-bond donors (Lipinski definition) is 1. The molecule has 1 aromatic carbocycles. The van der Waals surface area contributed by atoms with Gasteiger partial charge in [0.1, 0.15) is 0 Å². The molecule has 0 aliphatic heterocycles. The molecule has 1 aromatic heterocycles. The number of nitrogens with two attached hydrogens (primary N) is 1. The summed E-state index contributed by atoms with van der Waals surface area (Å²) in [4.78, 5) is 11.9. The zero-order chi connectivity index (χ0) is 13.8. The Labute approximate surface area is 124 Å². The lowest BCUT2D eigenvalue weighted by Gasteiger charge is -2.08. The Morgan fingerprint density at radius 2 is 2.16 bits per heavy atom. The van der Waals surface area contributed by atoms with Crippen molar-refractivity contribution in [2.45, 2.75) is 6.42 Å². The molecule has 0 spiro atoms. The minimum absolute atomic E-state index is 0.163. The maximum Gasteiger partial charge on any atom is 0.339 e. The molecule has 0 amide bonds. The van der Waals surface area contributed by atoms with Crippen molar-refractivity contribution < 1.29 is 9.53 Å². The van der Waals surface area contributed by atoms with E-state index in [0.29, 0.717) is 12.1 Å². The lowest BCUT2D eigenvalue weighted by Crippen LogP contribution is -2.09. The van der Waals surface area contributed by atoms with Crippen LogP contribution in [0.5, 0.6) is 0 Å². The highest BCUT2D eigenvalue weighted by Gasteiger charge is 2.15. The maximum atomic E-state index is 11.9. The van der Waals surface area contributed by atoms with Crippen molar-refractivity contribution in [3.8, 4) is 0 Å². The molecule has 0 aliphatic carbocycles. The summed E-state index contributed by atoms with van der Waals surface area (Å²) in [7, 11) is 0. The highest BCUT2D eigenvalue weighted by atomic mass is 35.5. The molecule has 0 saturated carbocycles. The van der Waals surface area contributed by atoms with Crippen LogP contribution in [0, 0.1) is 0 Å². The van der Waals surface area contributed by atoms with Gasteiger partial charge in [0.2, 0.25) is 0 Å². The highest BCUT2D eigenvalue weighted by molar-refractivity contribution is 7.07. The number of halogens is 2. The Morgan fingerprint density at radius 3 is 2.84 bits per heavy atom. The first-order valence-corrected chi connectivity index (χ1v) is 7.20. The molecule has 100 valence electrons. The normalized spacial score (nSPS) is 10.4. The second kappa shape index (κ2) is 6.28. The average molecular weight is 316 g/mol. The van der Waals surface area contributed by atoms with E-state index in [1.165, 1.54) is 12.1 Å². The quantitative estimate of drug-likeness (QED) is 0.684. The van der Waals surface area contributed by atoms with Gasteiger partial charge in [-0.25, -0.2) is 4.79 Å². The van der Waals surface area contributed by atoms with Crippen LogP contribution in [0.25, 0.3) is 0 Å². The molecule has 6 heteroatoms. The summed E-state index contributed by atoms with van der Waals surface area (Å²) in [5.41, 5.74) is 7.32. The summed E-state index contributed by atoms with van der Waals surface area (Å²) in [6.07, 6.45) is 0.670.